The molecule has 5 heteroatoms. The molecule has 2 unspecified atom stereocenters. The Bertz CT molecular complexity index is 206. The predicted octanol–water partition coefficient (Wildman–Crippen LogP) is 2.59. The topological polar surface area (TPSA) is 23.5 Å². The van der Waals surface area contributed by atoms with Gasteiger partial charge < -0.3 is 10.0 Å². The van der Waals surface area contributed by atoms with Crippen LogP contribution in [-0.2, 0) is 0 Å². The zero-order valence-electron chi connectivity index (χ0n) is 9.80. The first-order chi connectivity index (χ1) is 7.29. The van der Waals surface area contributed by atoms with Crippen LogP contribution in [0.5, 0.6) is 0 Å². The van der Waals surface area contributed by atoms with Crippen LogP contribution < -0.4 is 0 Å². The third kappa shape index (κ3) is 6.12. The van der Waals surface area contributed by atoms with Crippen LogP contribution in [0.25, 0.3) is 0 Å². The molecule has 0 aliphatic heterocycles. The summed E-state index contributed by atoms with van der Waals surface area (Å²) in [6, 6.07) is 0.0250. The fourth-order valence-corrected chi connectivity index (χ4v) is 1.33. The molecule has 0 aromatic rings. The van der Waals surface area contributed by atoms with Gasteiger partial charge in [0, 0.05) is 12.6 Å². The van der Waals surface area contributed by atoms with E-state index in [1.807, 2.05) is 6.92 Å². The number of hydrogen-bond acceptors (Lipinski definition) is 2. The van der Waals surface area contributed by atoms with Crippen molar-refractivity contribution in [2.24, 2.45) is 0 Å². The summed E-state index contributed by atoms with van der Waals surface area (Å²) < 4.78 is 36.3. The van der Waals surface area contributed by atoms with Gasteiger partial charge in [-0.25, -0.2) is 0 Å². The Balaban J connectivity index is 3.95. The van der Waals surface area contributed by atoms with Crippen molar-refractivity contribution in [3.63, 3.8) is 0 Å². The fraction of sp³-hybridized carbons (Fsp3) is 0.818. The summed E-state index contributed by atoms with van der Waals surface area (Å²) in [5.74, 6) is 0. The summed E-state index contributed by atoms with van der Waals surface area (Å²) in [6.45, 7) is 5.06. The van der Waals surface area contributed by atoms with Crippen LogP contribution >= 0.6 is 0 Å². The molecule has 96 valence electrons. The minimum Gasteiger partial charge on any atom is -0.382 e. The van der Waals surface area contributed by atoms with Gasteiger partial charge in [0.1, 0.15) is 0 Å². The van der Waals surface area contributed by atoms with E-state index in [-0.39, 0.29) is 12.6 Å². The third-order valence-electron chi connectivity index (χ3n) is 2.62. The number of nitrogens with zero attached hydrogens (tertiary/aromatic N) is 1. The number of halogens is 3. The third-order valence-corrected chi connectivity index (χ3v) is 2.62. The SMILES string of the molecule is C=CCCCC(C)N(C)CC(O)C(F)(F)F. The molecule has 0 aromatic carbocycles. The molecule has 0 spiro atoms. The van der Waals surface area contributed by atoms with Crippen molar-refractivity contribution in [1.29, 1.82) is 0 Å². The number of aliphatic hydroxyl groups is 1. The number of aliphatic hydroxyl groups excluding tert-OH is 1. The maximum absolute atomic E-state index is 12.1. The second-order valence-corrected chi connectivity index (χ2v) is 4.07. The lowest BCUT2D eigenvalue weighted by atomic mass is 10.1. The number of alkyl halides is 3. The molecule has 2 nitrogen and oxygen atoms in total. The van der Waals surface area contributed by atoms with E-state index in [4.69, 9.17) is 5.11 Å². The molecule has 0 rings (SSSR count). The van der Waals surface area contributed by atoms with E-state index >= 15 is 0 Å². The quantitative estimate of drug-likeness (QED) is 0.545. The van der Waals surface area contributed by atoms with Crippen LogP contribution in [0.15, 0.2) is 12.7 Å². The summed E-state index contributed by atoms with van der Waals surface area (Å²) in [5, 5.41) is 8.89. The van der Waals surface area contributed by atoms with Crippen molar-refractivity contribution < 1.29 is 18.3 Å². The van der Waals surface area contributed by atoms with Gasteiger partial charge in [-0.3, -0.25) is 0 Å². The Labute approximate surface area is 94.7 Å². The van der Waals surface area contributed by atoms with E-state index in [2.05, 4.69) is 6.58 Å². The largest absolute Gasteiger partial charge is 0.415 e. The molecular weight excluding hydrogens is 219 g/mol. The molecular formula is C11H20F3NO. The highest BCUT2D eigenvalue weighted by Gasteiger charge is 2.39. The maximum atomic E-state index is 12.1. The molecule has 0 bridgehead atoms. The van der Waals surface area contributed by atoms with Gasteiger partial charge in [0.25, 0.3) is 0 Å². The van der Waals surface area contributed by atoms with Crippen LogP contribution in [0.4, 0.5) is 13.2 Å². The Morgan fingerprint density at radius 3 is 2.44 bits per heavy atom. The lowest BCUT2D eigenvalue weighted by Crippen LogP contribution is -2.42. The van der Waals surface area contributed by atoms with E-state index in [9.17, 15) is 13.2 Å². The van der Waals surface area contributed by atoms with Gasteiger partial charge in [-0.2, -0.15) is 13.2 Å². The average Bonchev–Trinajstić information content (AvgIpc) is 2.16. The van der Waals surface area contributed by atoms with Gasteiger partial charge in [0.05, 0.1) is 0 Å². The molecule has 1 N–H and O–H groups in total. The van der Waals surface area contributed by atoms with Crippen molar-refractivity contribution in [3.8, 4) is 0 Å². The van der Waals surface area contributed by atoms with E-state index < -0.39 is 12.3 Å². The number of hydrogen-bond donors (Lipinski definition) is 1. The summed E-state index contributed by atoms with van der Waals surface area (Å²) in [4.78, 5) is 1.53. The zero-order valence-corrected chi connectivity index (χ0v) is 9.80. The average molecular weight is 239 g/mol. The van der Waals surface area contributed by atoms with Crippen LogP contribution in [-0.4, -0.2) is 41.9 Å². The molecule has 2 atom stereocenters. The van der Waals surface area contributed by atoms with Gasteiger partial charge in [-0.15, -0.1) is 6.58 Å². The summed E-state index contributed by atoms with van der Waals surface area (Å²) >= 11 is 0. The maximum Gasteiger partial charge on any atom is 0.415 e. The monoisotopic (exact) mass is 239 g/mol. The van der Waals surface area contributed by atoms with E-state index in [1.54, 1.807) is 13.1 Å². The van der Waals surface area contributed by atoms with Crippen molar-refractivity contribution >= 4 is 0 Å². The predicted molar refractivity (Wildman–Crippen MR) is 58.2 cm³/mol. The van der Waals surface area contributed by atoms with Crippen molar-refractivity contribution in [3.05, 3.63) is 12.7 Å². The number of allylic oxidation sites excluding steroid dienone is 1. The van der Waals surface area contributed by atoms with Crippen molar-refractivity contribution in [2.45, 2.75) is 44.5 Å². The smallest absolute Gasteiger partial charge is 0.382 e. The molecule has 0 amide bonds. The van der Waals surface area contributed by atoms with Gasteiger partial charge in [0.15, 0.2) is 6.10 Å². The standard InChI is InChI=1S/C11H20F3NO/c1-4-5-6-7-9(2)15(3)8-10(16)11(12,13)14/h4,9-10,16H,1,5-8H2,2-3H3. The Morgan fingerprint density at radius 1 is 1.44 bits per heavy atom. The van der Waals surface area contributed by atoms with Gasteiger partial charge in [-0.05, 0) is 33.2 Å². The highest BCUT2D eigenvalue weighted by atomic mass is 19.4. The van der Waals surface area contributed by atoms with Crippen LogP contribution in [0, 0.1) is 0 Å². The summed E-state index contributed by atoms with van der Waals surface area (Å²) in [7, 11) is 1.59. The van der Waals surface area contributed by atoms with E-state index in [1.165, 1.54) is 4.90 Å². The molecule has 0 saturated carbocycles. The first kappa shape index (κ1) is 15.4. The van der Waals surface area contributed by atoms with E-state index in [0.717, 1.165) is 19.3 Å². The highest BCUT2D eigenvalue weighted by Crippen LogP contribution is 2.21. The van der Waals surface area contributed by atoms with Crippen molar-refractivity contribution in [2.75, 3.05) is 13.6 Å². The second kappa shape index (κ2) is 6.91. The lowest BCUT2D eigenvalue weighted by molar-refractivity contribution is -0.208. The van der Waals surface area contributed by atoms with E-state index in [0.29, 0.717) is 0 Å². The number of likely N-dealkylation sites (N-methyl/N-ethyl adjacent to an activating group) is 1. The lowest BCUT2D eigenvalue weighted by Gasteiger charge is -2.27. The highest BCUT2D eigenvalue weighted by molar-refractivity contribution is 4.74. The molecule has 16 heavy (non-hydrogen) atoms. The first-order valence-electron chi connectivity index (χ1n) is 5.35. The minimum atomic E-state index is -4.53. The Morgan fingerprint density at radius 2 is 2.00 bits per heavy atom. The van der Waals surface area contributed by atoms with Crippen LogP contribution in [0.1, 0.15) is 26.2 Å². The van der Waals surface area contributed by atoms with Gasteiger partial charge >= 0.3 is 6.18 Å². The molecule has 0 aliphatic carbocycles. The first-order valence-corrected chi connectivity index (χ1v) is 5.35. The number of unbranched alkanes of at least 4 members (excludes halogenated alkanes) is 1. The van der Waals surface area contributed by atoms with Crippen LogP contribution in [0.3, 0.4) is 0 Å². The number of rotatable bonds is 7. The molecule has 0 aromatic heterocycles. The normalized spacial score (nSPS) is 16.2. The van der Waals surface area contributed by atoms with Crippen LogP contribution in [0.2, 0.25) is 0 Å². The molecule has 0 radical (unpaired) electrons. The summed E-state index contributed by atoms with van der Waals surface area (Å²) in [5.41, 5.74) is 0. The van der Waals surface area contributed by atoms with Crippen molar-refractivity contribution in [1.82, 2.24) is 4.90 Å². The molecule has 0 fully saturated rings. The molecule has 0 saturated heterocycles. The summed E-state index contributed by atoms with van der Waals surface area (Å²) in [6.07, 6.45) is -2.45. The Hall–Kier alpha value is -0.550. The molecule has 0 heterocycles. The second-order valence-electron chi connectivity index (χ2n) is 4.07. The zero-order chi connectivity index (χ0) is 12.8. The Kier molecular flexibility index (Phi) is 6.67. The fourth-order valence-electron chi connectivity index (χ4n) is 1.33. The molecule has 0 aliphatic rings. The van der Waals surface area contributed by atoms with Gasteiger partial charge in [0.2, 0.25) is 0 Å². The van der Waals surface area contributed by atoms with Gasteiger partial charge in [-0.1, -0.05) is 6.08 Å². The minimum absolute atomic E-state index is 0.0250.